The van der Waals surface area contributed by atoms with Crippen molar-refractivity contribution in [1.82, 2.24) is 9.55 Å². The molecule has 0 saturated carbocycles. The largest absolute Gasteiger partial charge is 0.373 e. The Labute approximate surface area is 82.7 Å². The number of imidazole rings is 1. The molecule has 1 unspecified atom stereocenters. The van der Waals surface area contributed by atoms with E-state index in [0.717, 1.165) is 5.56 Å². The van der Waals surface area contributed by atoms with Gasteiger partial charge in [0.25, 0.3) is 0 Å². The van der Waals surface area contributed by atoms with E-state index in [9.17, 15) is 5.11 Å². The molecule has 2 rings (SSSR count). The summed E-state index contributed by atoms with van der Waals surface area (Å²) < 4.78 is 1.69. The van der Waals surface area contributed by atoms with Gasteiger partial charge in [-0.25, -0.2) is 4.98 Å². The minimum absolute atomic E-state index is 0.528. The van der Waals surface area contributed by atoms with Gasteiger partial charge in [0.15, 0.2) is 0 Å². The number of aromatic nitrogens is 2. The lowest BCUT2D eigenvalue weighted by atomic mass is 10.1. The number of aliphatic hydroxyl groups is 1. The summed E-state index contributed by atoms with van der Waals surface area (Å²) in [6.07, 6.45) is 5.12. The molecule has 0 spiro atoms. The molecule has 3 nitrogen and oxygen atoms in total. The van der Waals surface area contributed by atoms with Gasteiger partial charge in [-0.3, -0.25) is 0 Å². The van der Waals surface area contributed by atoms with Crippen LogP contribution in [0.2, 0.25) is 0 Å². The standard InChI is InChI=1S/C11H12N2O/c14-11(13-7-6-12-9-13)8-10-4-2-1-3-5-10/h1-7,9,11,14H,8H2. The highest BCUT2D eigenvalue weighted by Crippen LogP contribution is 2.10. The molecule has 0 aliphatic heterocycles. The Morgan fingerprint density at radius 1 is 1.29 bits per heavy atom. The minimum Gasteiger partial charge on any atom is -0.373 e. The normalized spacial score (nSPS) is 12.6. The first-order chi connectivity index (χ1) is 6.86. The highest BCUT2D eigenvalue weighted by atomic mass is 16.3. The van der Waals surface area contributed by atoms with E-state index in [-0.39, 0.29) is 0 Å². The quantitative estimate of drug-likeness (QED) is 0.794. The molecule has 0 fully saturated rings. The van der Waals surface area contributed by atoms with Gasteiger partial charge in [0.1, 0.15) is 6.23 Å². The van der Waals surface area contributed by atoms with Gasteiger partial charge < -0.3 is 9.67 Å². The van der Waals surface area contributed by atoms with Crippen LogP contribution in [0.15, 0.2) is 49.1 Å². The SMILES string of the molecule is OC(Cc1ccccc1)n1ccnc1. The fourth-order valence-corrected chi connectivity index (χ4v) is 1.38. The summed E-state index contributed by atoms with van der Waals surface area (Å²) in [7, 11) is 0. The van der Waals surface area contributed by atoms with Crippen LogP contribution < -0.4 is 0 Å². The van der Waals surface area contributed by atoms with Crippen LogP contribution in [-0.2, 0) is 6.42 Å². The Balaban J connectivity index is 2.06. The van der Waals surface area contributed by atoms with Crippen molar-refractivity contribution in [3.63, 3.8) is 0 Å². The molecular weight excluding hydrogens is 176 g/mol. The van der Waals surface area contributed by atoms with Gasteiger partial charge in [0.05, 0.1) is 6.33 Å². The third kappa shape index (κ3) is 2.00. The lowest BCUT2D eigenvalue weighted by Gasteiger charge is -2.11. The highest BCUT2D eigenvalue weighted by molar-refractivity contribution is 5.15. The number of hydrogen-bond acceptors (Lipinski definition) is 2. The molecule has 0 bridgehead atoms. The van der Waals surface area contributed by atoms with Gasteiger partial charge in [-0.05, 0) is 5.56 Å². The number of hydrogen-bond donors (Lipinski definition) is 1. The van der Waals surface area contributed by atoms with Crippen LogP contribution in [0.3, 0.4) is 0 Å². The Bertz CT molecular complexity index is 369. The molecule has 1 N–H and O–H groups in total. The van der Waals surface area contributed by atoms with Crippen molar-refractivity contribution in [2.24, 2.45) is 0 Å². The third-order valence-corrected chi connectivity index (χ3v) is 2.13. The summed E-state index contributed by atoms with van der Waals surface area (Å²) in [6, 6.07) is 9.90. The zero-order chi connectivity index (χ0) is 9.80. The first-order valence-electron chi connectivity index (χ1n) is 4.56. The lowest BCUT2D eigenvalue weighted by Crippen LogP contribution is -2.08. The van der Waals surface area contributed by atoms with Gasteiger partial charge in [0, 0.05) is 18.8 Å². The predicted octanol–water partition coefficient (Wildman–Crippen LogP) is 1.62. The number of nitrogens with zero attached hydrogens (tertiary/aromatic N) is 2. The average Bonchev–Trinajstić information content (AvgIpc) is 2.72. The molecule has 72 valence electrons. The molecule has 0 aliphatic rings. The van der Waals surface area contributed by atoms with Crippen molar-refractivity contribution in [3.8, 4) is 0 Å². The number of benzene rings is 1. The fourth-order valence-electron chi connectivity index (χ4n) is 1.38. The Kier molecular flexibility index (Phi) is 2.60. The molecule has 0 amide bonds. The van der Waals surface area contributed by atoms with Gasteiger partial charge in [0.2, 0.25) is 0 Å². The first kappa shape index (κ1) is 8.97. The molecular formula is C11H12N2O. The second kappa shape index (κ2) is 4.07. The number of aliphatic hydroxyl groups excluding tert-OH is 1. The molecule has 0 aliphatic carbocycles. The summed E-state index contributed by atoms with van der Waals surface area (Å²) >= 11 is 0. The molecule has 0 saturated heterocycles. The van der Waals surface area contributed by atoms with E-state index in [0.29, 0.717) is 6.42 Å². The monoisotopic (exact) mass is 188 g/mol. The summed E-state index contributed by atoms with van der Waals surface area (Å²) in [5.74, 6) is 0. The number of rotatable bonds is 3. The Morgan fingerprint density at radius 3 is 2.71 bits per heavy atom. The molecule has 1 heterocycles. The maximum absolute atomic E-state index is 9.79. The summed E-state index contributed by atoms with van der Waals surface area (Å²) in [5, 5.41) is 9.79. The lowest BCUT2D eigenvalue weighted by molar-refractivity contribution is 0.104. The van der Waals surface area contributed by atoms with Crippen molar-refractivity contribution < 1.29 is 5.11 Å². The molecule has 0 radical (unpaired) electrons. The molecule has 3 heteroatoms. The van der Waals surface area contributed by atoms with E-state index in [2.05, 4.69) is 4.98 Å². The topological polar surface area (TPSA) is 38.0 Å². The average molecular weight is 188 g/mol. The second-order valence-corrected chi connectivity index (χ2v) is 3.18. The predicted molar refractivity (Wildman–Crippen MR) is 53.6 cm³/mol. The van der Waals surface area contributed by atoms with Crippen LogP contribution in [0.25, 0.3) is 0 Å². The van der Waals surface area contributed by atoms with E-state index in [1.807, 2.05) is 30.3 Å². The maximum Gasteiger partial charge on any atom is 0.135 e. The van der Waals surface area contributed by atoms with Crippen molar-refractivity contribution in [2.45, 2.75) is 12.6 Å². The van der Waals surface area contributed by atoms with E-state index in [4.69, 9.17) is 0 Å². The molecule has 1 atom stereocenters. The molecule has 14 heavy (non-hydrogen) atoms. The van der Waals surface area contributed by atoms with E-state index in [1.165, 1.54) is 0 Å². The van der Waals surface area contributed by atoms with E-state index in [1.54, 1.807) is 23.3 Å². The molecule has 1 aromatic carbocycles. The van der Waals surface area contributed by atoms with E-state index >= 15 is 0 Å². The van der Waals surface area contributed by atoms with Crippen molar-refractivity contribution >= 4 is 0 Å². The summed E-state index contributed by atoms with van der Waals surface area (Å²) in [5.41, 5.74) is 1.12. The molecule has 2 aromatic rings. The van der Waals surface area contributed by atoms with Crippen molar-refractivity contribution in [3.05, 3.63) is 54.6 Å². The Morgan fingerprint density at radius 2 is 2.07 bits per heavy atom. The zero-order valence-corrected chi connectivity index (χ0v) is 7.74. The van der Waals surface area contributed by atoms with Crippen LogP contribution >= 0.6 is 0 Å². The first-order valence-corrected chi connectivity index (χ1v) is 4.56. The highest BCUT2D eigenvalue weighted by Gasteiger charge is 2.05. The van der Waals surface area contributed by atoms with Crippen LogP contribution in [0, 0.1) is 0 Å². The summed E-state index contributed by atoms with van der Waals surface area (Å²) in [6.45, 7) is 0. The smallest absolute Gasteiger partial charge is 0.135 e. The zero-order valence-electron chi connectivity index (χ0n) is 7.74. The van der Waals surface area contributed by atoms with Crippen LogP contribution in [0.1, 0.15) is 11.8 Å². The van der Waals surface area contributed by atoms with Crippen LogP contribution in [0.5, 0.6) is 0 Å². The Hall–Kier alpha value is -1.61. The van der Waals surface area contributed by atoms with Crippen molar-refractivity contribution in [2.75, 3.05) is 0 Å². The van der Waals surface area contributed by atoms with Gasteiger partial charge >= 0.3 is 0 Å². The van der Waals surface area contributed by atoms with E-state index < -0.39 is 6.23 Å². The van der Waals surface area contributed by atoms with Crippen LogP contribution in [0.4, 0.5) is 0 Å². The molecule has 1 aromatic heterocycles. The maximum atomic E-state index is 9.79. The van der Waals surface area contributed by atoms with Crippen molar-refractivity contribution in [1.29, 1.82) is 0 Å². The fraction of sp³-hybridized carbons (Fsp3) is 0.182. The summed E-state index contributed by atoms with van der Waals surface area (Å²) in [4.78, 5) is 3.89. The van der Waals surface area contributed by atoms with Crippen LogP contribution in [-0.4, -0.2) is 14.7 Å². The van der Waals surface area contributed by atoms with Gasteiger partial charge in [-0.2, -0.15) is 0 Å². The van der Waals surface area contributed by atoms with Gasteiger partial charge in [-0.1, -0.05) is 30.3 Å². The third-order valence-electron chi connectivity index (χ3n) is 2.13. The van der Waals surface area contributed by atoms with Gasteiger partial charge in [-0.15, -0.1) is 0 Å². The second-order valence-electron chi connectivity index (χ2n) is 3.18. The minimum atomic E-state index is -0.528.